The Bertz CT molecular complexity index is 176. The van der Waals surface area contributed by atoms with Gasteiger partial charge in [0.25, 0.3) is 0 Å². The van der Waals surface area contributed by atoms with Crippen LogP contribution in [-0.2, 0) is 0 Å². The first kappa shape index (κ1) is 7.28. The molecule has 1 rings (SSSR count). The van der Waals surface area contributed by atoms with Crippen LogP contribution in [0.1, 0.15) is 0 Å². The Labute approximate surface area is 64.9 Å². The fourth-order valence-corrected chi connectivity index (χ4v) is 2.11. The zero-order chi connectivity index (χ0) is 6.69. The average molecular weight is 258 g/mol. The zero-order valence-corrected chi connectivity index (χ0v) is 7.43. The third-order valence-electron chi connectivity index (χ3n) is 0.898. The van der Waals surface area contributed by atoms with Gasteiger partial charge in [0.1, 0.15) is 0 Å². The third-order valence-corrected chi connectivity index (χ3v) is 3.67. The molecule has 0 spiro atoms. The van der Waals surface area contributed by atoms with Crippen LogP contribution in [0.2, 0.25) is 0 Å². The second kappa shape index (κ2) is 3.37. The second-order valence-corrected chi connectivity index (χ2v) is 5.54. The van der Waals surface area contributed by atoms with Crippen molar-refractivity contribution in [2.75, 3.05) is 0 Å². The van der Waals surface area contributed by atoms with Gasteiger partial charge in [-0.05, 0) is 0 Å². The van der Waals surface area contributed by atoms with Gasteiger partial charge in [-0.1, -0.05) is 0 Å². The molecule has 0 nitrogen and oxygen atoms in total. The number of rotatable bonds is 1. The van der Waals surface area contributed by atoms with E-state index in [1.807, 2.05) is 6.07 Å². The van der Waals surface area contributed by atoms with Crippen molar-refractivity contribution in [1.29, 1.82) is 0 Å². The predicted octanol–water partition coefficient (Wildman–Crippen LogP) is 3.40. The Morgan fingerprint density at radius 1 is 1.22 bits per heavy atom. The molecule has 0 aromatic heterocycles. The Morgan fingerprint density at radius 2 is 1.78 bits per heavy atom. The van der Waals surface area contributed by atoms with Crippen LogP contribution in [0.25, 0.3) is 0 Å². The molecule has 0 atom stereocenters. The summed E-state index contributed by atoms with van der Waals surface area (Å²) in [5, 5.41) is 0. The molecule has 0 aliphatic heterocycles. The van der Waals surface area contributed by atoms with Crippen molar-refractivity contribution in [3.05, 3.63) is 33.9 Å². The van der Waals surface area contributed by atoms with Crippen molar-refractivity contribution >= 4 is 28.2 Å². The summed E-state index contributed by atoms with van der Waals surface area (Å²) in [4.78, 5) is 0. The molecule has 0 heterocycles. The van der Waals surface area contributed by atoms with E-state index in [-0.39, 0.29) is 0 Å². The monoisotopic (exact) mass is 258 g/mol. The van der Waals surface area contributed by atoms with Crippen molar-refractivity contribution in [3.8, 4) is 0 Å². The van der Waals surface area contributed by atoms with Crippen LogP contribution >= 0.6 is 28.2 Å². The first-order chi connectivity index (χ1) is 4.30. The quantitative estimate of drug-likeness (QED) is 0.677. The van der Waals surface area contributed by atoms with E-state index in [1.54, 1.807) is 24.3 Å². The molecule has 0 N–H and O–H groups in total. The summed E-state index contributed by atoms with van der Waals surface area (Å²) in [6.45, 7) is 0. The Balaban J connectivity index is 2.85. The number of hydrogen-bond acceptors (Lipinski definition) is 0. The Morgan fingerprint density at radius 3 is 2.11 bits per heavy atom. The standard InChI is InChI=1S/C6H5ClFI/c7-9(8)6-4-2-1-3-5-6/h1-5H. The van der Waals surface area contributed by atoms with Crippen molar-refractivity contribution in [2.24, 2.45) is 0 Å². The van der Waals surface area contributed by atoms with Crippen molar-refractivity contribution < 1.29 is 2.86 Å². The van der Waals surface area contributed by atoms with E-state index in [4.69, 9.17) is 8.91 Å². The molecule has 3 heteroatoms. The van der Waals surface area contributed by atoms with Gasteiger partial charge in [0.05, 0.1) is 0 Å². The van der Waals surface area contributed by atoms with Crippen LogP contribution in [0, 0.1) is 3.57 Å². The van der Waals surface area contributed by atoms with Crippen molar-refractivity contribution in [1.82, 2.24) is 0 Å². The maximum atomic E-state index is 12.4. The summed E-state index contributed by atoms with van der Waals surface area (Å²) in [6.07, 6.45) is 0. The topological polar surface area (TPSA) is 0 Å². The van der Waals surface area contributed by atoms with Crippen LogP contribution in [0.3, 0.4) is 0 Å². The van der Waals surface area contributed by atoms with Crippen molar-refractivity contribution in [2.45, 2.75) is 0 Å². The van der Waals surface area contributed by atoms with E-state index >= 15 is 0 Å². The van der Waals surface area contributed by atoms with Crippen molar-refractivity contribution in [3.63, 3.8) is 0 Å². The summed E-state index contributed by atoms with van der Waals surface area (Å²) in [7, 11) is 5.29. The maximum absolute atomic E-state index is 12.4. The van der Waals surface area contributed by atoms with Gasteiger partial charge < -0.3 is 0 Å². The third kappa shape index (κ3) is 2.10. The van der Waals surface area contributed by atoms with E-state index in [2.05, 4.69) is 0 Å². The molecule has 9 heavy (non-hydrogen) atoms. The molecule has 0 saturated carbocycles. The first-order valence-electron chi connectivity index (χ1n) is 2.39. The molecule has 0 aliphatic carbocycles. The van der Waals surface area contributed by atoms with Gasteiger partial charge in [-0.15, -0.1) is 0 Å². The van der Waals surface area contributed by atoms with Gasteiger partial charge in [0.2, 0.25) is 0 Å². The number of hydrogen-bond donors (Lipinski definition) is 0. The summed E-state index contributed by atoms with van der Waals surface area (Å²) >= 11 is -2.71. The molecule has 50 valence electrons. The Kier molecular flexibility index (Phi) is 2.72. The molecule has 0 amide bonds. The van der Waals surface area contributed by atoms with Gasteiger partial charge in [0.15, 0.2) is 0 Å². The summed E-state index contributed by atoms with van der Waals surface area (Å²) in [5.41, 5.74) is 0. The van der Waals surface area contributed by atoms with Crippen LogP contribution in [0.4, 0.5) is 2.86 Å². The minimum absolute atomic E-state index is 0.670. The SMILES string of the molecule is FI(Cl)c1ccccc1. The molecule has 1 aromatic carbocycles. The van der Waals surface area contributed by atoms with Crippen LogP contribution in [-0.4, -0.2) is 0 Å². The number of halogens is 3. The van der Waals surface area contributed by atoms with Gasteiger partial charge in [0, 0.05) is 0 Å². The molecule has 0 saturated heterocycles. The summed E-state index contributed by atoms with van der Waals surface area (Å²) in [5.74, 6) is 0. The molecule has 0 bridgehead atoms. The fourth-order valence-electron chi connectivity index (χ4n) is 0.510. The zero-order valence-electron chi connectivity index (χ0n) is 4.52. The molecule has 0 fully saturated rings. The van der Waals surface area contributed by atoms with Crippen LogP contribution in [0.15, 0.2) is 30.3 Å². The van der Waals surface area contributed by atoms with Gasteiger partial charge in [-0.2, -0.15) is 0 Å². The van der Waals surface area contributed by atoms with Crippen LogP contribution in [0.5, 0.6) is 0 Å². The second-order valence-electron chi connectivity index (χ2n) is 1.49. The van der Waals surface area contributed by atoms with E-state index in [1.165, 1.54) is 0 Å². The molecule has 0 radical (unpaired) electrons. The van der Waals surface area contributed by atoms with Crippen LogP contribution < -0.4 is 0 Å². The fraction of sp³-hybridized carbons (Fsp3) is 0. The Hall–Kier alpha value is 0.170. The number of benzene rings is 1. The first-order valence-corrected chi connectivity index (χ1v) is 7.01. The molecular weight excluding hydrogens is 253 g/mol. The molecule has 1 aromatic rings. The van der Waals surface area contributed by atoms with Gasteiger partial charge in [-0.3, -0.25) is 0 Å². The normalized spacial score (nSPS) is 11.1. The predicted molar refractivity (Wildman–Crippen MR) is 46.1 cm³/mol. The van der Waals surface area contributed by atoms with E-state index in [0.717, 1.165) is 0 Å². The summed E-state index contributed by atoms with van der Waals surface area (Å²) in [6, 6.07) is 8.87. The molecule has 0 unspecified atom stereocenters. The van der Waals surface area contributed by atoms with E-state index < -0.39 is 19.3 Å². The molecule has 0 aliphatic rings. The molecular formula is C6H5ClFI. The van der Waals surface area contributed by atoms with Gasteiger partial charge in [-0.25, -0.2) is 0 Å². The van der Waals surface area contributed by atoms with E-state index in [9.17, 15) is 2.86 Å². The van der Waals surface area contributed by atoms with E-state index in [0.29, 0.717) is 3.57 Å². The minimum atomic E-state index is -2.71. The van der Waals surface area contributed by atoms with Gasteiger partial charge >= 0.3 is 64.9 Å². The average Bonchev–Trinajstić information content (AvgIpc) is 1.90. The summed E-state index contributed by atoms with van der Waals surface area (Å²) < 4.78 is 13.0.